The molecule has 3 rings (SSSR count). The summed E-state index contributed by atoms with van der Waals surface area (Å²) in [6.45, 7) is 2.03. The Labute approximate surface area is 126 Å². The van der Waals surface area contributed by atoms with E-state index in [0.29, 0.717) is 15.7 Å². The number of benzene rings is 1. The fraction of sp³-hybridized carbons (Fsp3) is 0.214. The average molecular weight is 322 g/mol. The van der Waals surface area contributed by atoms with Crippen LogP contribution in [-0.4, -0.2) is 13.4 Å². The summed E-state index contributed by atoms with van der Waals surface area (Å²) in [6, 6.07) is 10.8. The van der Waals surface area contributed by atoms with E-state index in [-0.39, 0.29) is 6.54 Å². The van der Waals surface area contributed by atoms with Crippen molar-refractivity contribution in [3.05, 3.63) is 47.2 Å². The van der Waals surface area contributed by atoms with Crippen molar-refractivity contribution in [1.82, 2.24) is 9.71 Å². The second-order valence-electron chi connectivity index (χ2n) is 4.47. The lowest BCUT2D eigenvalue weighted by Crippen LogP contribution is -2.22. The molecule has 0 saturated carbocycles. The van der Waals surface area contributed by atoms with Crippen LogP contribution in [0.25, 0.3) is 11.1 Å². The zero-order chi connectivity index (χ0) is 14.9. The Morgan fingerprint density at radius 3 is 2.76 bits per heavy atom. The Bertz CT molecular complexity index is 832. The molecule has 0 saturated heterocycles. The first kappa shape index (κ1) is 14.2. The molecule has 3 aromatic rings. The fourth-order valence-electron chi connectivity index (χ4n) is 1.92. The van der Waals surface area contributed by atoms with Crippen LogP contribution in [0.4, 0.5) is 0 Å². The summed E-state index contributed by atoms with van der Waals surface area (Å²) < 4.78 is 32.7. The number of oxazole rings is 1. The molecule has 2 aromatic heterocycles. The van der Waals surface area contributed by atoms with Gasteiger partial charge < -0.3 is 4.42 Å². The van der Waals surface area contributed by atoms with Gasteiger partial charge in [0.25, 0.3) is 10.0 Å². The van der Waals surface area contributed by atoms with Gasteiger partial charge in [0, 0.05) is 4.88 Å². The SMILES string of the molecule is CCc1ccc(S(=O)(=O)NCc2nc3ccccc3o2)s1. The van der Waals surface area contributed by atoms with Crippen LogP contribution >= 0.6 is 11.3 Å². The van der Waals surface area contributed by atoms with Crippen molar-refractivity contribution in [2.75, 3.05) is 0 Å². The second kappa shape index (κ2) is 5.59. The molecule has 0 radical (unpaired) electrons. The summed E-state index contributed by atoms with van der Waals surface area (Å²) in [7, 11) is -3.52. The zero-order valence-corrected chi connectivity index (χ0v) is 13.0. The van der Waals surface area contributed by atoms with Gasteiger partial charge in [0.05, 0.1) is 6.54 Å². The summed E-state index contributed by atoms with van der Waals surface area (Å²) >= 11 is 1.28. The Morgan fingerprint density at radius 1 is 1.24 bits per heavy atom. The van der Waals surface area contributed by atoms with Crippen LogP contribution in [0.3, 0.4) is 0 Å². The first-order valence-electron chi connectivity index (χ1n) is 6.51. The molecule has 0 bridgehead atoms. The van der Waals surface area contributed by atoms with Crippen LogP contribution in [0, 0.1) is 0 Å². The summed E-state index contributed by atoms with van der Waals surface area (Å²) in [4.78, 5) is 5.28. The molecule has 1 N–H and O–H groups in total. The molecule has 1 aromatic carbocycles. The zero-order valence-electron chi connectivity index (χ0n) is 11.4. The Balaban J connectivity index is 1.76. The smallest absolute Gasteiger partial charge is 0.250 e. The molecule has 0 aliphatic carbocycles. The van der Waals surface area contributed by atoms with Gasteiger partial charge in [-0.15, -0.1) is 11.3 Å². The quantitative estimate of drug-likeness (QED) is 0.784. The summed E-state index contributed by atoms with van der Waals surface area (Å²) in [6.07, 6.45) is 0.825. The van der Waals surface area contributed by atoms with Gasteiger partial charge in [-0.3, -0.25) is 0 Å². The molecule has 0 amide bonds. The highest BCUT2D eigenvalue weighted by Crippen LogP contribution is 2.22. The predicted octanol–water partition coefficient (Wildman–Crippen LogP) is 2.93. The number of aromatic nitrogens is 1. The van der Waals surface area contributed by atoms with Gasteiger partial charge in [0.15, 0.2) is 5.58 Å². The second-order valence-corrected chi connectivity index (χ2v) is 7.64. The lowest BCUT2D eigenvalue weighted by atomic mass is 10.3. The molecule has 5 nitrogen and oxygen atoms in total. The first-order valence-corrected chi connectivity index (χ1v) is 8.81. The van der Waals surface area contributed by atoms with Crippen molar-refractivity contribution in [3.8, 4) is 0 Å². The average Bonchev–Trinajstić information content (AvgIpc) is 3.11. The van der Waals surface area contributed by atoms with E-state index in [0.717, 1.165) is 16.8 Å². The van der Waals surface area contributed by atoms with Gasteiger partial charge in [-0.1, -0.05) is 19.1 Å². The number of thiophene rings is 1. The minimum Gasteiger partial charge on any atom is -0.439 e. The molecule has 0 aliphatic heterocycles. The van der Waals surface area contributed by atoms with E-state index < -0.39 is 10.0 Å². The third kappa shape index (κ3) is 2.99. The highest BCUT2D eigenvalue weighted by Gasteiger charge is 2.17. The van der Waals surface area contributed by atoms with Gasteiger partial charge >= 0.3 is 0 Å². The Kier molecular flexibility index (Phi) is 3.79. The summed E-state index contributed by atoms with van der Waals surface area (Å²) in [5, 5.41) is 0. The van der Waals surface area contributed by atoms with Gasteiger partial charge in [0.2, 0.25) is 5.89 Å². The van der Waals surface area contributed by atoms with E-state index in [1.54, 1.807) is 12.1 Å². The van der Waals surface area contributed by atoms with E-state index in [4.69, 9.17) is 4.42 Å². The molecule has 21 heavy (non-hydrogen) atoms. The monoisotopic (exact) mass is 322 g/mol. The molecule has 110 valence electrons. The van der Waals surface area contributed by atoms with Crippen molar-refractivity contribution in [3.63, 3.8) is 0 Å². The van der Waals surface area contributed by atoms with E-state index >= 15 is 0 Å². The highest BCUT2D eigenvalue weighted by molar-refractivity contribution is 7.91. The fourth-order valence-corrected chi connectivity index (χ4v) is 4.23. The van der Waals surface area contributed by atoms with Gasteiger partial charge in [0.1, 0.15) is 9.73 Å². The third-order valence-electron chi connectivity index (χ3n) is 3.00. The van der Waals surface area contributed by atoms with E-state index in [2.05, 4.69) is 9.71 Å². The van der Waals surface area contributed by atoms with E-state index in [1.807, 2.05) is 31.2 Å². The minimum absolute atomic E-state index is 0.0381. The number of aryl methyl sites for hydroxylation is 1. The third-order valence-corrected chi connectivity index (χ3v) is 6.12. The molecule has 7 heteroatoms. The van der Waals surface area contributed by atoms with Gasteiger partial charge in [-0.05, 0) is 30.7 Å². The molecule has 0 aliphatic rings. The van der Waals surface area contributed by atoms with Crippen molar-refractivity contribution in [2.45, 2.75) is 24.1 Å². The largest absolute Gasteiger partial charge is 0.439 e. The van der Waals surface area contributed by atoms with Crippen LogP contribution in [0.15, 0.2) is 45.0 Å². The minimum atomic E-state index is -3.52. The molecular formula is C14H14N2O3S2. The number of rotatable bonds is 5. The van der Waals surface area contributed by atoms with Crippen molar-refractivity contribution >= 4 is 32.5 Å². The Hall–Kier alpha value is -1.70. The molecule has 0 unspecified atom stereocenters. The molecule has 0 fully saturated rings. The van der Waals surface area contributed by atoms with Crippen LogP contribution < -0.4 is 4.72 Å². The molecule has 0 atom stereocenters. The number of para-hydroxylation sites is 2. The number of nitrogens with one attached hydrogen (secondary N) is 1. The Morgan fingerprint density at radius 2 is 2.05 bits per heavy atom. The summed E-state index contributed by atoms with van der Waals surface area (Å²) in [5.41, 5.74) is 1.37. The molecule has 2 heterocycles. The standard InChI is InChI=1S/C14H14N2O3S2/c1-2-10-7-8-14(20-10)21(17,18)15-9-13-16-11-5-3-4-6-12(11)19-13/h3-8,15H,2,9H2,1H3. The van der Waals surface area contributed by atoms with Crippen molar-refractivity contribution in [2.24, 2.45) is 0 Å². The number of nitrogens with zero attached hydrogens (tertiary/aromatic N) is 1. The van der Waals surface area contributed by atoms with Crippen molar-refractivity contribution in [1.29, 1.82) is 0 Å². The predicted molar refractivity (Wildman–Crippen MR) is 81.7 cm³/mol. The van der Waals surface area contributed by atoms with Gasteiger partial charge in [-0.25, -0.2) is 18.1 Å². The van der Waals surface area contributed by atoms with E-state index in [9.17, 15) is 8.42 Å². The first-order chi connectivity index (χ1) is 10.1. The number of hydrogen-bond donors (Lipinski definition) is 1. The number of hydrogen-bond acceptors (Lipinski definition) is 5. The number of sulfonamides is 1. The molecular weight excluding hydrogens is 308 g/mol. The van der Waals surface area contributed by atoms with Crippen LogP contribution in [-0.2, 0) is 23.0 Å². The highest BCUT2D eigenvalue weighted by atomic mass is 32.2. The number of fused-ring (bicyclic) bond motifs is 1. The lowest BCUT2D eigenvalue weighted by molar-refractivity contribution is 0.514. The van der Waals surface area contributed by atoms with Crippen LogP contribution in [0.5, 0.6) is 0 Å². The topological polar surface area (TPSA) is 72.2 Å². The van der Waals surface area contributed by atoms with Gasteiger partial charge in [-0.2, -0.15) is 0 Å². The maximum absolute atomic E-state index is 12.2. The van der Waals surface area contributed by atoms with Crippen molar-refractivity contribution < 1.29 is 12.8 Å². The van der Waals surface area contributed by atoms with E-state index in [1.165, 1.54) is 11.3 Å². The maximum Gasteiger partial charge on any atom is 0.250 e. The van der Waals surface area contributed by atoms with Crippen LogP contribution in [0.2, 0.25) is 0 Å². The lowest BCUT2D eigenvalue weighted by Gasteiger charge is -2.01. The normalized spacial score (nSPS) is 12.0. The summed E-state index contributed by atoms with van der Waals surface area (Å²) in [5.74, 6) is 0.354. The van der Waals surface area contributed by atoms with Crippen LogP contribution in [0.1, 0.15) is 17.7 Å². The maximum atomic E-state index is 12.2. The molecule has 0 spiro atoms.